The Hall–Kier alpha value is -5.26. The molecular weight excluding hydrogens is 541 g/mol. The van der Waals surface area contributed by atoms with Gasteiger partial charge in [0.1, 0.15) is 8.07 Å². The van der Waals surface area contributed by atoms with Gasteiger partial charge in [0, 0.05) is 35.9 Å². The predicted octanol–water partition coefficient (Wildman–Crippen LogP) is 8.92. The quantitative estimate of drug-likeness (QED) is 0.188. The van der Waals surface area contributed by atoms with E-state index in [0.29, 0.717) is 0 Å². The first-order valence-corrected chi connectivity index (χ1v) is 17.5. The molecule has 0 atom stereocenters. The minimum absolute atomic E-state index is 0.869. The summed E-state index contributed by atoms with van der Waals surface area (Å²) in [4.78, 5) is 19.3. The highest BCUT2D eigenvalue weighted by atomic mass is 28.3. The first-order chi connectivity index (χ1) is 21.1. The molecule has 5 heteroatoms. The molecule has 206 valence electrons. The van der Waals surface area contributed by atoms with Crippen LogP contribution in [0.15, 0.2) is 146 Å². The molecule has 0 radical (unpaired) electrons. The number of hydrogen-bond acceptors (Lipinski definition) is 4. The van der Waals surface area contributed by atoms with E-state index in [1.54, 1.807) is 0 Å². The Labute approximate surface area is 253 Å². The van der Waals surface area contributed by atoms with E-state index >= 15 is 0 Å². The second-order valence-corrected chi connectivity index (χ2v) is 15.3. The molecule has 0 unspecified atom stereocenters. The van der Waals surface area contributed by atoms with Crippen LogP contribution in [0.1, 0.15) is 22.3 Å². The first-order valence-electron chi connectivity index (χ1n) is 14.5. The van der Waals surface area contributed by atoms with E-state index in [1.807, 2.05) is 73.3 Å². The van der Waals surface area contributed by atoms with Gasteiger partial charge in [0.15, 0.2) is 0 Å². The van der Waals surface area contributed by atoms with Gasteiger partial charge in [0.05, 0.1) is 22.8 Å². The van der Waals surface area contributed by atoms with Crippen molar-refractivity contribution in [2.24, 2.45) is 0 Å². The van der Waals surface area contributed by atoms with E-state index in [9.17, 15) is 0 Å². The molecule has 2 aromatic carbocycles. The van der Waals surface area contributed by atoms with Gasteiger partial charge in [-0.25, -0.2) is 0 Å². The predicted molar refractivity (Wildman–Crippen MR) is 179 cm³/mol. The maximum absolute atomic E-state index is 4.93. The molecule has 1 aliphatic rings. The van der Waals surface area contributed by atoms with Crippen LogP contribution >= 0.6 is 0 Å². The zero-order valence-corrected chi connectivity index (χ0v) is 25.1. The Kier molecular flexibility index (Phi) is 6.93. The van der Waals surface area contributed by atoms with Gasteiger partial charge in [-0.15, -0.1) is 0 Å². The highest BCUT2D eigenvalue weighted by molar-refractivity contribution is 7.13. The van der Waals surface area contributed by atoms with Crippen LogP contribution < -0.4 is 0 Å². The summed E-state index contributed by atoms with van der Waals surface area (Å²) in [5, 5.41) is 2.69. The number of benzene rings is 2. The average molecular weight is 571 g/mol. The van der Waals surface area contributed by atoms with Crippen molar-refractivity contribution in [3.8, 4) is 22.8 Å². The average Bonchev–Trinajstić information content (AvgIpc) is 3.33. The van der Waals surface area contributed by atoms with Crippen molar-refractivity contribution in [2.75, 3.05) is 0 Å². The summed E-state index contributed by atoms with van der Waals surface area (Å²) in [7, 11) is -2.48. The van der Waals surface area contributed by atoms with Crippen molar-refractivity contribution >= 4 is 29.6 Å². The molecule has 5 heterocycles. The van der Waals surface area contributed by atoms with Gasteiger partial charge in [0.2, 0.25) is 0 Å². The lowest BCUT2D eigenvalue weighted by molar-refractivity contribution is 1.24. The molecular formula is C38H30N4Si. The van der Waals surface area contributed by atoms with E-state index in [2.05, 4.69) is 85.9 Å². The van der Waals surface area contributed by atoms with Crippen molar-refractivity contribution in [3.63, 3.8) is 0 Å². The van der Waals surface area contributed by atoms with E-state index in [-0.39, 0.29) is 0 Å². The summed E-state index contributed by atoms with van der Waals surface area (Å²) in [6, 6.07) is 42.2. The minimum atomic E-state index is -2.48. The molecule has 7 rings (SSSR count). The third-order valence-corrected chi connectivity index (χ3v) is 11.6. The van der Waals surface area contributed by atoms with Crippen molar-refractivity contribution in [1.29, 1.82) is 0 Å². The number of pyridine rings is 4. The largest absolute Gasteiger partial charge is 0.255 e. The minimum Gasteiger partial charge on any atom is -0.255 e. The molecule has 0 spiro atoms. The number of nitrogens with zero attached hydrogens (tertiary/aromatic N) is 4. The van der Waals surface area contributed by atoms with Crippen LogP contribution in [0.2, 0.25) is 13.1 Å². The highest BCUT2D eigenvalue weighted by Crippen LogP contribution is 2.57. The van der Waals surface area contributed by atoms with Crippen molar-refractivity contribution in [3.05, 3.63) is 168 Å². The summed E-state index contributed by atoms with van der Waals surface area (Å²) >= 11 is 0. The third-order valence-electron chi connectivity index (χ3n) is 8.09. The first kappa shape index (κ1) is 26.6. The number of allylic oxidation sites excluding steroid dienone is 2. The Morgan fingerprint density at radius 1 is 0.395 bits per heavy atom. The normalized spacial score (nSPS) is 14.3. The third kappa shape index (κ3) is 4.74. The molecule has 0 amide bonds. The molecule has 0 fully saturated rings. The van der Waals surface area contributed by atoms with Gasteiger partial charge >= 0.3 is 0 Å². The fraction of sp³-hybridized carbons (Fsp3) is 0.0526. The summed E-state index contributed by atoms with van der Waals surface area (Å²) in [6.07, 6.45) is 7.41. The standard InChI is InChI=1S/C38H30N4Si/c1-43(2)37(29-19-13-25-41-35(29)31-21-9-11-23-39-31)33(27-15-5-3-6-16-27)34(28-17-7-4-8-18-28)38(43)30-20-14-26-42-36(30)32-22-10-12-24-40-32/h3-26H,1-2H3. The van der Waals surface area contributed by atoms with Gasteiger partial charge in [-0.2, -0.15) is 0 Å². The van der Waals surface area contributed by atoms with Crippen LogP contribution in [-0.4, -0.2) is 28.0 Å². The molecule has 0 saturated heterocycles. The molecule has 4 aromatic heterocycles. The van der Waals surface area contributed by atoms with Gasteiger partial charge in [-0.05, 0) is 69.1 Å². The highest BCUT2D eigenvalue weighted by Gasteiger charge is 2.45. The van der Waals surface area contributed by atoms with Crippen molar-refractivity contribution in [2.45, 2.75) is 13.1 Å². The second kappa shape index (κ2) is 11.2. The van der Waals surface area contributed by atoms with Crippen LogP contribution in [0.4, 0.5) is 0 Å². The van der Waals surface area contributed by atoms with E-state index in [0.717, 1.165) is 33.9 Å². The van der Waals surface area contributed by atoms with Crippen molar-refractivity contribution in [1.82, 2.24) is 19.9 Å². The summed E-state index contributed by atoms with van der Waals surface area (Å²) in [6.45, 7) is 4.92. The fourth-order valence-corrected chi connectivity index (χ4v) is 10.1. The smallest absolute Gasteiger partial charge is 0.115 e. The zero-order chi connectivity index (χ0) is 29.2. The molecule has 4 nitrogen and oxygen atoms in total. The lowest BCUT2D eigenvalue weighted by Gasteiger charge is -2.28. The summed E-state index contributed by atoms with van der Waals surface area (Å²) in [5.74, 6) is 0. The molecule has 0 saturated carbocycles. The molecule has 6 aromatic rings. The van der Waals surface area contributed by atoms with E-state index in [1.165, 1.54) is 32.7 Å². The topological polar surface area (TPSA) is 51.6 Å². The lowest BCUT2D eigenvalue weighted by atomic mass is 9.88. The summed E-state index contributed by atoms with van der Waals surface area (Å²) < 4.78 is 0. The van der Waals surface area contributed by atoms with Gasteiger partial charge < -0.3 is 0 Å². The number of aromatic nitrogens is 4. The molecule has 43 heavy (non-hydrogen) atoms. The zero-order valence-electron chi connectivity index (χ0n) is 24.1. The Morgan fingerprint density at radius 3 is 1.19 bits per heavy atom. The Balaban J connectivity index is 1.61. The number of rotatable bonds is 6. The van der Waals surface area contributed by atoms with E-state index in [4.69, 9.17) is 19.9 Å². The van der Waals surface area contributed by atoms with Gasteiger partial charge in [-0.3, -0.25) is 19.9 Å². The maximum atomic E-state index is 4.93. The lowest BCUT2D eigenvalue weighted by Crippen LogP contribution is -2.29. The van der Waals surface area contributed by atoms with Crippen LogP contribution in [0.5, 0.6) is 0 Å². The molecule has 1 aliphatic heterocycles. The summed E-state index contributed by atoms with van der Waals surface area (Å²) in [5.41, 5.74) is 10.7. The van der Waals surface area contributed by atoms with Crippen LogP contribution in [0.25, 0.3) is 44.3 Å². The van der Waals surface area contributed by atoms with Crippen molar-refractivity contribution < 1.29 is 0 Å². The molecule has 0 bridgehead atoms. The fourth-order valence-electron chi connectivity index (χ4n) is 6.36. The van der Waals surface area contributed by atoms with Gasteiger partial charge in [-0.1, -0.05) is 98.0 Å². The Morgan fingerprint density at radius 2 is 0.791 bits per heavy atom. The SMILES string of the molecule is C[Si]1(C)C(c2cccnc2-c2ccccn2)=C(c2ccccc2)C(c2ccccc2)=C1c1cccnc1-c1ccccn1. The second-order valence-electron chi connectivity index (χ2n) is 11.1. The number of hydrogen-bond donors (Lipinski definition) is 0. The maximum Gasteiger partial charge on any atom is 0.115 e. The van der Waals surface area contributed by atoms with E-state index < -0.39 is 8.07 Å². The molecule has 0 N–H and O–H groups in total. The van der Waals surface area contributed by atoms with Gasteiger partial charge in [0.25, 0.3) is 0 Å². The monoisotopic (exact) mass is 570 g/mol. The molecule has 0 aliphatic carbocycles. The Bertz CT molecular complexity index is 1820. The van der Waals surface area contributed by atoms with Crippen LogP contribution in [-0.2, 0) is 0 Å². The van der Waals surface area contributed by atoms with Crippen LogP contribution in [0, 0.1) is 0 Å². The van der Waals surface area contributed by atoms with Crippen LogP contribution in [0.3, 0.4) is 0 Å².